The first-order valence-corrected chi connectivity index (χ1v) is 7.72. The SMILES string of the molecule is O=C([O-])c1cc(I)c(NCc2ccccc2)c(I)c1.[Na+]. The number of anilines is 1. The number of halogens is 2. The molecule has 2 aromatic carbocycles. The summed E-state index contributed by atoms with van der Waals surface area (Å²) >= 11 is 4.26. The Morgan fingerprint density at radius 3 is 2.15 bits per heavy atom. The van der Waals surface area contributed by atoms with E-state index >= 15 is 0 Å². The largest absolute Gasteiger partial charge is 1.00 e. The monoisotopic (exact) mass is 501 g/mol. The fraction of sp³-hybridized carbons (Fsp3) is 0.0714. The Morgan fingerprint density at radius 1 is 1.10 bits per heavy atom. The Labute approximate surface area is 167 Å². The van der Waals surface area contributed by atoms with Gasteiger partial charge in [-0.3, -0.25) is 0 Å². The minimum Gasteiger partial charge on any atom is -0.545 e. The number of benzene rings is 2. The molecule has 0 saturated carbocycles. The van der Waals surface area contributed by atoms with Gasteiger partial charge in [-0.25, -0.2) is 0 Å². The number of nitrogens with one attached hydrogen (secondary N) is 1. The van der Waals surface area contributed by atoms with Gasteiger partial charge in [0.25, 0.3) is 0 Å². The molecule has 1 N–H and O–H groups in total. The van der Waals surface area contributed by atoms with Gasteiger partial charge >= 0.3 is 29.6 Å². The molecule has 2 aromatic rings. The molecule has 98 valence electrons. The Hall–Kier alpha value is 0.170. The second-order valence-corrected chi connectivity index (χ2v) is 6.27. The van der Waals surface area contributed by atoms with Crippen molar-refractivity contribution < 1.29 is 39.5 Å². The molecule has 0 bridgehead atoms. The van der Waals surface area contributed by atoms with E-state index in [4.69, 9.17) is 0 Å². The van der Waals surface area contributed by atoms with Crippen molar-refractivity contribution in [2.45, 2.75) is 6.54 Å². The molecule has 0 aliphatic carbocycles. The molecule has 0 fully saturated rings. The molecular formula is C14H10I2NNaO2. The molecule has 0 saturated heterocycles. The summed E-state index contributed by atoms with van der Waals surface area (Å²) < 4.78 is 1.75. The first-order valence-electron chi connectivity index (χ1n) is 5.56. The first kappa shape index (κ1) is 18.2. The van der Waals surface area contributed by atoms with E-state index in [1.165, 1.54) is 5.56 Å². The third kappa shape index (κ3) is 4.87. The zero-order chi connectivity index (χ0) is 13.8. The molecule has 0 aromatic heterocycles. The predicted molar refractivity (Wildman–Crippen MR) is 90.0 cm³/mol. The maximum Gasteiger partial charge on any atom is 1.00 e. The van der Waals surface area contributed by atoms with Crippen molar-refractivity contribution in [3.05, 3.63) is 60.7 Å². The summed E-state index contributed by atoms with van der Waals surface area (Å²) in [6.45, 7) is 0.706. The predicted octanol–water partition coefficient (Wildman–Crippen LogP) is -0.125. The van der Waals surface area contributed by atoms with Crippen LogP contribution in [0.25, 0.3) is 0 Å². The molecule has 3 nitrogen and oxygen atoms in total. The second-order valence-electron chi connectivity index (χ2n) is 3.94. The van der Waals surface area contributed by atoms with Crippen LogP contribution in [0.3, 0.4) is 0 Å². The van der Waals surface area contributed by atoms with Gasteiger partial charge in [0.15, 0.2) is 0 Å². The van der Waals surface area contributed by atoms with E-state index in [2.05, 4.69) is 50.5 Å². The molecule has 0 amide bonds. The molecule has 0 atom stereocenters. The van der Waals surface area contributed by atoms with Crippen LogP contribution >= 0.6 is 45.2 Å². The number of carbonyl (C=O) groups is 1. The van der Waals surface area contributed by atoms with E-state index in [1.807, 2.05) is 30.3 Å². The molecule has 0 unspecified atom stereocenters. The Balaban J connectivity index is 0.00000200. The minimum atomic E-state index is -1.15. The van der Waals surface area contributed by atoms with Crippen LogP contribution in [0.4, 0.5) is 5.69 Å². The van der Waals surface area contributed by atoms with E-state index in [-0.39, 0.29) is 35.1 Å². The van der Waals surface area contributed by atoms with Crippen molar-refractivity contribution in [3.63, 3.8) is 0 Å². The molecular weight excluding hydrogens is 491 g/mol. The van der Waals surface area contributed by atoms with Crippen molar-refractivity contribution in [2.75, 3.05) is 5.32 Å². The maximum atomic E-state index is 10.9. The average molecular weight is 501 g/mol. The van der Waals surface area contributed by atoms with E-state index in [0.717, 1.165) is 12.8 Å². The van der Waals surface area contributed by atoms with Crippen molar-refractivity contribution in [1.29, 1.82) is 0 Å². The molecule has 0 aliphatic rings. The van der Waals surface area contributed by atoms with Gasteiger partial charge in [-0.15, -0.1) is 0 Å². The maximum absolute atomic E-state index is 10.9. The molecule has 6 heteroatoms. The number of carboxylic acids is 1. The molecule has 0 radical (unpaired) electrons. The number of rotatable bonds is 4. The van der Waals surface area contributed by atoms with Crippen LogP contribution in [-0.4, -0.2) is 5.97 Å². The second kappa shape index (κ2) is 8.57. The third-order valence-electron chi connectivity index (χ3n) is 2.59. The van der Waals surface area contributed by atoms with Crippen LogP contribution < -0.4 is 40.0 Å². The minimum absolute atomic E-state index is 0. The van der Waals surface area contributed by atoms with Crippen LogP contribution in [0.5, 0.6) is 0 Å². The van der Waals surface area contributed by atoms with E-state index in [9.17, 15) is 9.90 Å². The number of carboxylic acid groups (broad SMARTS) is 1. The quantitative estimate of drug-likeness (QED) is 0.470. The van der Waals surface area contributed by atoms with Gasteiger partial charge in [0.05, 0.1) is 11.7 Å². The van der Waals surface area contributed by atoms with E-state index in [1.54, 1.807) is 12.1 Å². The zero-order valence-corrected chi connectivity index (χ0v) is 17.1. The molecule has 20 heavy (non-hydrogen) atoms. The van der Waals surface area contributed by atoms with Crippen molar-refractivity contribution in [3.8, 4) is 0 Å². The van der Waals surface area contributed by atoms with Gasteiger partial charge < -0.3 is 15.2 Å². The van der Waals surface area contributed by atoms with Gasteiger partial charge in [-0.05, 0) is 68.4 Å². The molecule has 0 heterocycles. The third-order valence-corrected chi connectivity index (χ3v) is 4.29. The summed E-state index contributed by atoms with van der Waals surface area (Å²) in [5.74, 6) is -1.15. The van der Waals surface area contributed by atoms with Crippen LogP contribution in [0.2, 0.25) is 0 Å². The zero-order valence-electron chi connectivity index (χ0n) is 10.8. The van der Waals surface area contributed by atoms with E-state index < -0.39 is 5.97 Å². The number of aromatic carboxylic acids is 1. The fourth-order valence-corrected chi connectivity index (χ4v) is 3.80. The molecule has 2 rings (SSSR count). The first-order chi connectivity index (χ1) is 9.08. The Kier molecular flexibility index (Phi) is 7.81. The summed E-state index contributed by atoms with van der Waals surface area (Å²) in [4.78, 5) is 10.9. The van der Waals surface area contributed by atoms with Gasteiger partial charge in [0.1, 0.15) is 0 Å². The molecule has 0 aliphatic heterocycles. The summed E-state index contributed by atoms with van der Waals surface area (Å²) in [6, 6.07) is 13.3. The van der Waals surface area contributed by atoms with Crippen molar-refractivity contribution >= 4 is 56.8 Å². The normalized spacial score (nSPS) is 9.70. The number of hydrogen-bond donors (Lipinski definition) is 1. The van der Waals surface area contributed by atoms with Crippen LogP contribution in [-0.2, 0) is 6.54 Å². The number of carbonyl (C=O) groups excluding carboxylic acids is 1. The van der Waals surface area contributed by atoms with Crippen LogP contribution in [0, 0.1) is 7.14 Å². The van der Waals surface area contributed by atoms with E-state index in [0.29, 0.717) is 6.54 Å². The van der Waals surface area contributed by atoms with Crippen molar-refractivity contribution in [2.24, 2.45) is 0 Å². The fourth-order valence-electron chi connectivity index (χ4n) is 1.65. The molecule has 0 spiro atoms. The summed E-state index contributed by atoms with van der Waals surface area (Å²) in [7, 11) is 0. The summed E-state index contributed by atoms with van der Waals surface area (Å²) in [5, 5.41) is 14.2. The topological polar surface area (TPSA) is 52.2 Å². The average Bonchev–Trinajstić information content (AvgIpc) is 2.38. The summed E-state index contributed by atoms with van der Waals surface area (Å²) in [5.41, 5.74) is 2.34. The van der Waals surface area contributed by atoms with Crippen molar-refractivity contribution in [1.82, 2.24) is 0 Å². The van der Waals surface area contributed by atoms with Crippen LogP contribution in [0.1, 0.15) is 15.9 Å². The Bertz CT molecular complexity index is 582. The Morgan fingerprint density at radius 2 is 1.65 bits per heavy atom. The van der Waals surface area contributed by atoms with Gasteiger partial charge in [0.2, 0.25) is 0 Å². The number of hydrogen-bond acceptors (Lipinski definition) is 3. The smallest absolute Gasteiger partial charge is 0.545 e. The standard InChI is InChI=1S/C14H11I2NO2.Na/c15-11-6-10(14(18)19)7-12(16)13(11)17-8-9-4-2-1-3-5-9;/h1-7,17H,8H2,(H,18,19);/q;+1/p-1. The summed E-state index contributed by atoms with van der Waals surface area (Å²) in [6.07, 6.45) is 0. The van der Waals surface area contributed by atoms with Crippen LogP contribution in [0.15, 0.2) is 42.5 Å². The van der Waals surface area contributed by atoms with Gasteiger partial charge in [-0.2, -0.15) is 0 Å². The van der Waals surface area contributed by atoms with Gasteiger partial charge in [-0.1, -0.05) is 30.3 Å². The van der Waals surface area contributed by atoms with Gasteiger partial charge in [0, 0.05) is 13.7 Å².